The summed E-state index contributed by atoms with van der Waals surface area (Å²) >= 11 is 6.39. The minimum absolute atomic E-state index is 0.0274. The second-order valence-electron chi connectivity index (χ2n) is 7.67. The fourth-order valence-electron chi connectivity index (χ4n) is 2.96. The molecule has 0 saturated carbocycles. The highest BCUT2D eigenvalue weighted by atomic mass is 35.5. The van der Waals surface area contributed by atoms with Gasteiger partial charge in [0.1, 0.15) is 5.60 Å². The summed E-state index contributed by atoms with van der Waals surface area (Å²) in [4.78, 5) is 26.1. The van der Waals surface area contributed by atoms with Crippen LogP contribution in [0.1, 0.15) is 38.8 Å². The third-order valence-corrected chi connectivity index (χ3v) is 4.61. The van der Waals surface area contributed by atoms with E-state index in [4.69, 9.17) is 21.1 Å². The third-order valence-electron chi connectivity index (χ3n) is 4.26. The number of benzene rings is 1. The Labute approximate surface area is 171 Å². The number of alkyl carbamates (subject to hydrolysis) is 1. The average Bonchev–Trinajstić information content (AvgIpc) is 2.62. The molecule has 1 unspecified atom stereocenters. The van der Waals surface area contributed by atoms with Crippen molar-refractivity contribution < 1.29 is 19.1 Å². The molecule has 0 aromatic heterocycles. The number of carbonyl (C=O) groups is 2. The van der Waals surface area contributed by atoms with E-state index in [9.17, 15) is 9.59 Å². The zero-order chi connectivity index (χ0) is 20.6. The molecule has 0 spiro atoms. The monoisotopic (exact) mass is 411 g/mol. The maximum atomic E-state index is 12.2. The van der Waals surface area contributed by atoms with E-state index in [2.05, 4.69) is 15.5 Å². The van der Waals surface area contributed by atoms with E-state index >= 15 is 0 Å². The number of nitrogens with zero attached hydrogens (tertiary/aromatic N) is 1. The van der Waals surface area contributed by atoms with Gasteiger partial charge < -0.3 is 20.1 Å². The summed E-state index contributed by atoms with van der Waals surface area (Å²) in [5, 5.41) is 6.23. The highest BCUT2D eigenvalue weighted by molar-refractivity contribution is 6.31. The fourth-order valence-corrected chi connectivity index (χ4v) is 3.22. The van der Waals surface area contributed by atoms with E-state index in [1.165, 1.54) is 0 Å². The number of morpholine rings is 1. The number of amides is 2. The van der Waals surface area contributed by atoms with Crippen LogP contribution in [0.5, 0.6) is 0 Å². The van der Waals surface area contributed by atoms with E-state index in [-0.39, 0.29) is 24.9 Å². The maximum absolute atomic E-state index is 12.2. The van der Waals surface area contributed by atoms with Crippen molar-refractivity contribution in [3.63, 3.8) is 0 Å². The molecular weight excluding hydrogens is 382 g/mol. The van der Waals surface area contributed by atoms with Gasteiger partial charge in [0.05, 0.1) is 19.3 Å². The third kappa shape index (κ3) is 7.66. The number of rotatable bonds is 7. The van der Waals surface area contributed by atoms with Gasteiger partial charge in [-0.3, -0.25) is 9.69 Å². The lowest BCUT2D eigenvalue weighted by molar-refractivity contribution is -0.121. The van der Waals surface area contributed by atoms with Gasteiger partial charge in [-0.2, -0.15) is 0 Å². The van der Waals surface area contributed by atoms with Crippen molar-refractivity contribution in [3.8, 4) is 0 Å². The quantitative estimate of drug-likeness (QED) is 0.721. The molecule has 0 aliphatic carbocycles. The number of halogens is 1. The van der Waals surface area contributed by atoms with Crippen LogP contribution in [0.15, 0.2) is 24.3 Å². The van der Waals surface area contributed by atoms with E-state index in [0.29, 0.717) is 24.8 Å². The molecule has 7 nitrogen and oxygen atoms in total. The zero-order valence-corrected chi connectivity index (χ0v) is 17.6. The van der Waals surface area contributed by atoms with Crippen LogP contribution in [-0.2, 0) is 14.3 Å². The number of carbonyl (C=O) groups excluding carboxylic acids is 2. The van der Waals surface area contributed by atoms with Gasteiger partial charge in [-0.25, -0.2) is 4.79 Å². The normalized spacial score (nSPS) is 16.3. The Hall–Kier alpha value is -1.83. The summed E-state index contributed by atoms with van der Waals surface area (Å²) in [6, 6.07) is 7.65. The van der Waals surface area contributed by atoms with Crippen molar-refractivity contribution in [1.29, 1.82) is 0 Å². The topological polar surface area (TPSA) is 79.9 Å². The van der Waals surface area contributed by atoms with Gasteiger partial charge in [-0.1, -0.05) is 29.8 Å². The first kappa shape index (κ1) is 22.5. The first-order valence-corrected chi connectivity index (χ1v) is 9.94. The Morgan fingerprint density at radius 1 is 1.21 bits per heavy atom. The lowest BCUT2D eigenvalue weighted by Gasteiger charge is -2.35. The van der Waals surface area contributed by atoms with Crippen molar-refractivity contribution in [2.75, 3.05) is 39.4 Å². The summed E-state index contributed by atoms with van der Waals surface area (Å²) in [5.41, 5.74) is 0.422. The summed E-state index contributed by atoms with van der Waals surface area (Å²) in [7, 11) is 0. The fraction of sp³-hybridized carbons (Fsp3) is 0.600. The standard InChI is InChI=1S/C20H30ClN3O4/c1-20(2,3)28-19(26)22-9-8-18(25)23-14-17(24-10-12-27-13-11-24)15-6-4-5-7-16(15)21/h4-7,17H,8-14H2,1-3H3,(H,22,26)(H,23,25). The minimum atomic E-state index is -0.563. The molecule has 1 saturated heterocycles. The van der Waals surface area contributed by atoms with Crippen LogP contribution in [0.4, 0.5) is 4.79 Å². The van der Waals surface area contributed by atoms with Gasteiger partial charge in [0.2, 0.25) is 5.91 Å². The molecular formula is C20H30ClN3O4. The Balaban J connectivity index is 1.86. The van der Waals surface area contributed by atoms with Crippen LogP contribution in [0, 0.1) is 0 Å². The van der Waals surface area contributed by atoms with Crippen LogP contribution in [0.3, 0.4) is 0 Å². The number of nitrogens with one attached hydrogen (secondary N) is 2. The molecule has 8 heteroatoms. The Bertz CT molecular complexity index is 657. The molecule has 0 radical (unpaired) electrons. The first-order chi connectivity index (χ1) is 13.3. The molecule has 1 atom stereocenters. The van der Waals surface area contributed by atoms with Crippen molar-refractivity contribution >= 4 is 23.6 Å². The average molecular weight is 412 g/mol. The smallest absolute Gasteiger partial charge is 0.407 e. The highest BCUT2D eigenvalue weighted by Crippen LogP contribution is 2.27. The van der Waals surface area contributed by atoms with Crippen molar-refractivity contribution in [3.05, 3.63) is 34.9 Å². The molecule has 2 amide bonds. The molecule has 2 N–H and O–H groups in total. The molecule has 1 aromatic rings. The van der Waals surface area contributed by atoms with E-state index < -0.39 is 11.7 Å². The summed E-state index contributed by atoms with van der Waals surface area (Å²) < 4.78 is 10.6. The number of hydrogen-bond acceptors (Lipinski definition) is 5. The zero-order valence-electron chi connectivity index (χ0n) is 16.8. The molecule has 1 aliphatic heterocycles. The molecule has 156 valence electrons. The van der Waals surface area contributed by atoms with Crippen LogP contribution >= 0.6 is 11.6 Å². The van der Waals surface area contributed by atoms with Crippen LogP contribution < -0.4 is 10.6 Å². The van der Waals surface area contributed by atoms with E-state index in [1.807, 2.05) is 24.3 Å². The van der Waals surface area contributed by atoms with Gasteiger partial charge in [0.15, 0.2) is 0 Å². The van der Waals surface area contributed by atoms with Gasteiger partial charge in [-0.15, -0.1) is 0 Å². The van der Waals surface area contributed by atoms with Crippen molar-refractivity contribution in [2.24, 2.45) is 0 Å². The van der Waals surface area contributed by atoms with E-state index in [0.717, 1.165) is 18.7 Å². The van der Waals surface area contributed by atoms with Crippen molar-refractivity contribution in [2.45, 2.75) is 38.8 Å². The SMILES string of the molecule is CC(C)(C)OC(=O)NCCC(=O)NCC(c1ccccc1Cl)N1CCOCC1. The van der Waals surface area contributed by atoms with Gasteiger partial charge in [-0.05, 0) is 32.4 Å². The molecule has 1 aliphatic rings. The second kappa shape index (κ2) is 10.6. The first-order valence-electron chi connectivity index (χ1n) is 9.56. The van der Waals surface area contributed by atoms with Gasteiger partial charge in [0.25, 0.3) is 0 Å². The summed E-state index contributed by atoms with van der Waals surface area (Å²) in [6.07, 6.45) is -0.347. The Kier molecular flexibility index (Phi) is 8.54. The molecule has 1 fully saturated rings. The predicted octanol–water partition coefficient (Wildman–Crippen LogP) is 2.74. The van der Waals surface area contributed by atoms with Gasteiger partial charge in [0, 0.05) is 37.6 Å². The molecule has 28 heavy (non-hydrogen) atoms. The lowest BCUT2D eigenvalue weighted by Crippen LogP contribution is -2.44. The van der Waals surface area contributed by atoms with Crippen LogP contribution in [0.25, 0.3) is 0 Å². The van der Waals surface area contributed by atoms with Crippen LogP contribution in [0.2, 0.25) is 5.02 Å². The maximum Gasteiger partial charge on any atom is 0.407 e. The summed E-state index contributed by atoms with van der Waals surface area (Å²) in [5.74, 6) is -0.138. The van der Waals surface area contributed by atoms with Gasteiger partial charge >= 0.3 is 6.09 Å². The highest BCUT2D eigenvalue weighted by Gasteiger charge is 2.25. The predicted molar refractivity (Wildman–Crippen MR) is 108 cm³/mol. The number of ether oxygens (including phenoxy) is 2. The molecule has 1 heterocycles. The minimum Gasteiger partial charge on any atom is -0.444 e. The Morgan fingerprint density at radius 2 is 1.89 bits per heavy atom. The lowest BCUT2D eigenvalue weighted by atomic mass is 10.0. The number of hydrogen-bond donors (Lipinski definition) is 2. The molecule has 0 bridgehead atoms. The van der Waals surface area contributed by atoms with Crippen LogP contribution in [-0.4, -0.2) is 61.9 Å². The summed E-state index contributed by atoms with van der Waals surface area (Å²) in [6.45, 7) is 8.92. The Morgan fingerprint density at radius 3 is 2.54 bits per heavy atom. The molecule has 1 aromatic carbocycles. The largest absolute Gasteiger partial charge is 0.444 e. The molecule has 2 rings (SSSR count). The van der Waals surface area contributed by atoms with Crippen molar-refractivity contribution in [1.82, 2.24) is 15.5 Å². The van der Waals surface area contributed by atoms with E-state index in [1.54, 1.807) is 20.8 Å². The second-order valence-corrected chi connectivity index (χ2v) is 8.08.